The molecule has 3 N–H and O–H groups in total. The lowest BCUT2D eigenvalue weighted by Crippen LogP contribution is -2.29. The summed E-state index contributed by atoms with van der Waals surface area (Å²) in [4.78, 5) is 25.5. The van der Waals surface area contributed by atoms with Crippen LogP contribution in [0.2, 0.25) is 0 Å². The van der Waals surface area contributed by atoms with Gasteiger partial charge in [-0.2, -0.15) is 4.98 Å². The smallest absolute Gasteiger partial charge is 0.247 e. The SMILES string of the molecule is C=CC(=O)Nc1cc(Nc2nccc(-n3cc(S(=O)(=O)NC)c4ccccc43)n2)c(OC)cc1N(C)CCN(C)C. The van der Waals surface area contributed by atoms with Gasteiger partial charge in [0.1, 0.15) is 16.5 Å². The number of rotatable bonds is 12. The van der Waals surface area contributed by atoms with Gasteiger partial charge in [-0.1, -0.05) is 24.8 Å². The Balaban J connectivity index is 1.75. The molecule has 0 atom stereocenters. The van der Waals surface area contributed by atoms with Crippen molar-refractivity contribution < 1.29 is 17.9 Å². The maximum absolute atomic E-state index is 12.7. The molecule has 2 aromatic heterocycles. The first-order valence-electron chi connectivity index (χ1n) is 12.7. The van der Waals surface area contributed by atoms with Gasteiger partial charge in [0.25, 0.3) is 0 Å². The summed E-state index contributed by atoms with van der Waals surface area (Å²) in [5, 5.41) is 6.62. The molecule has 0 radical (unpaired) electrons. The number of carbonyl (C=O) groups excluding carboxylic acids is 1. The molecule has 0 saturated carbocycles. The number of nitrogens with zero attached hydrogens (tertiary/aromatic N) is 5. The maximum atomic E-state index is 12.7. The highest BCUT2D eigenvalue weighted by Gasteiger charge is 2.21. The van der Waals surface area contributed by atoms with Crippen LogP contribution in [-0.4, -0.2) is 82.1 Å². The van der Waals surface area contributed by atoms with E-state index in [1.807, 2.05) is 44.2 Å². The number of para-hydroxylation sites is 1. The van der Waals surface area contributed by atoms with Crippen molar-refractivity contribution in [1.82, 2.24) is 24.2 Å². The largest absolute Gasteiger partial charge is 0.494 e. The number of sulfonamides is 1. The standard InChI is InChI=1S/C28H34N8O4S/c1-7-27(37)31-20-16-21(24(40-6)17-23(20)35(5)15-14-34(3)4)32-28-30-13-12-26(33-28)36-18-25(41(38,39)29-2)19-10-8-9-11-22(19)36/h7-13,16-18,29H,1,14-15H2,2-6H3,(H,31,37)(H,30,32,33). The first-order chi connectivity index (χ1) is 19.6. The second-order valence-electron chi connectivity index (χ2n) is 9.44. The van der Waals surface area contributed by atoms with Crippen molar-refractivity contribution in [3.05, 3.63) is 67.5 Å². The molecule has 1 amide bonds. The number of ether oxygens (including phenoxy) is 1. The van der Waals surface area contributed by atoms with E-state index in [0.29, 0.717) is 40.4 Å². The van der Waals surface area contributed by atoms with Gasteiger partial charge in [0.2, 0.25) is 21.9 Å². The van der Waals surface area contributed by atoms with Gasteiger partial charge in [0.15, 0.2) is 0 Å². The number of hydrogen-bond donors (Lipinski definition) is 3. The minimum atomic E-state index is -3.71. The molecule has 2 aromatic carbocycles. The van der Waals surface area contributed by atoms with E-state index in [9.17, 15) is 13.2 Å². The number of nitrogens with one attached hydrogen (secondary N) is 3. The van der Waals surface area contributed by atoms with Gasteiger partial charge in [-0.15, -0.1) is 0 Å². The Hall–Kier alpha value is -4.46. The molecule has 216 valence electrons. The zero-order chi connectivity index (χ0) is 29.7. The highest BCUT2D eigenvalue weighted by molar-refractivity contribution is 7.89. The van der Waals surface area contributed by atoms with E-state index in [2.05, 4.69) is 36.8 Å². The number of likely N-dealkylation sites (N-methyl/N-ethyl adjacent to an activating group) is 2. The minimum Gasteiger partial charge on any atom is -0.494 e. The molecule has 0 bridgehead atoms. The number of aromatic nitrogens is 3. The van der Waals surface area contributed by atoms with Crippen LogP contribution in [0.25, 0.3) is 16.7 Å². The zero-order valence-electron chi connectivity index (χ0n) is 23.7. The van der Waals surface area contributed by atoms with Gasteiger partial charge < -0.3 is 25.2 Å². The average molecular weight is 579 g/mol. The van der Waals surface area contributed by atoms with Crippen molar-refractivity contribution in [3.63, 3.8) is 0 Å². The first kappa shape index (κ1) is 29.5. The van der Waals surface area contributed by atoms with Crippen LogP contribution in [0.5, 0.6) is 5.75 Å². The molecule has 0 aliphatic rings. The normalized spacial score (nSPS) is 11.5. The summed E-state index contributed by atoms with van der Waals surface area (Å²) < 4.78 is 35.1. The van der Waals surface area contributed by atoms with Crippen molar-refractivity contribution >= 4 is 49.8 Å². The minimum absolute atomic E-state index is 0.141. The molecule has 0 fully saturated rings. The molecule has 0 unspecified atom stereocenters. The van der Waals surface area contributed by atoms with Crippen molar-refractivity contribution in [2.24, 2.45) is 0 Å². The molecular formula is C28H34N8O4S. The van der Waals surface area contributed by atoms with Crippen LogP contribution in [0.3, 0.4) is 0 Å². The van der Waals surface area contributed by atoms with Crippen LogP contribution in [-0.2, 0) is 14.8 Å². The number of amides is 1. The number of benzene rings is 2. The highest BCUT2D eigenvalue weighted by atomic mass is 32.2. The Morgan fingerprint density at radius 1 is 1.12 bits per heavy atom. The average Bonchev–Trinajstić information content (AvgIpc) is 3.37. The lowest BCUT2D eigenvalue weighted by molar-refractivity contribution is -0.111. The summed E-state index contributed by atoms with van der Waals surface area (Å²) >= 11 is 0. The van der Waals surface area contributed by atoms with Crippen molar-refractivity contribution in [2.75, 3.05) is 63.9 Å². The summed E-state index contributed by atoms with van der Waals surface area (Å²) in [6, 6.07) is 12.4. The molecule has 0 saturated heterocycles. The van der Waals surface area contributed by atoms with E-state index in [0.717, 1.165) is 12.2 Å². The summed E-state index contributed by atoms with van der Waals surface area (Å²) in [6.07, 6.45) is 4.31. The summed E-state index contributed by atoms with van der Waals surface area (Å²) in [5.74, 6) is 0.853. The summed E-state index contributed by atoms with van der Waals surface area (Å²) in [6.45, 7) is 5.08. The van der Waals surface area contributed by atoms with Gasteiger partial charge in [-0.05, 0) is 45.4 Å². The van der Waals surface area contributed by atoms with E-state index in [4.69, 9.17) is 4.74 Å². The molecule has 13 heteroatoms. The summed E-state index contributed by atoms with van der Waals surface area (Å²) in [7, 11) is 5.14. The first-order valence-corrected chi connectivity index (χ1v) is 14.2. The molecule has 12 nitrogen and oxygen atoms in total. The third-order valence-electron chi connectivity index (χ3n) is 6.42. The molecule has 2 heterocycles. The predicted molar refractivity (Wildman–Crippen MR) is 162 cm³/mol. The molecule has 0 spiro atoms. The zero-order valence-corrected chi connectivity index (χ0v) is 24.5. The fourth-order valence-electron chi connectivity index (χ4n) is 4.23. The molecule has 0 aliphatic carbocycles. The van der Waals surface area contributed by atoms with Crippen LogP contribution in [0.15, 0.2) is 72.4 Å². The van der Waals surface area contributed by atoms with E-state index >= 15 is 0 Å². The van der Waals surface area contributed by atoms with Crippen LogP contribution in [0.1, 0.15) is 0 Å². The van der Waals surface area contributed by atoms with Crippen LogP contribution >= 0.6 is 0 Å². The monoisotopic (exact) mass is 578 g/mol. The van der Waals surface area contributed by atoms with Gasteiger partial charge in [-0.25, -0.2) is 18.1 Å². The fourth-order valence-corrected chi connectivity index (χ4v) is 5.16. The van der Waals surface area contributed by atoms with Crippen molar-refractivity contribution in [3.8, 4) is 11.6 Å². The van der Waals surface area contributed by atoms with Gasteiger partial charge in [0, 0.05) is 44.0 Å². The number of carbonyl (C=O) groups is 1. The summed E-state index contributed by atoms with van der Waals surface area (Å²) in [5.41, 5.74) is 2.50. The van der Waals surface area contributed by atoms with Gasteiger partial charge in [0.05, 0.1) is 29.7 Å². The Morgan fingerprint density at radius 3 is 2.56 bits per heavy atom. The second-order valence-corrected chi connectivity index (χ2v) is 11.3. The van der Waals surface area contributed by atoms with Crippen LogP contribution in [0, 0.1) is 0 Å². The van der Waals surface area contributed by atoms with Crippen LogP contribution in [0.4, 0.5) is 23.0 Å². The lowest BCUT2D eigenvalue weighted by atomic mass is 10.2. The van der Waals surface area contributed by atoms with Crippen molar-refractivity contribution in [1.29, 1.82) is 0 Å². The van der Waals surface area contributed by atoms with Gasteiger partial charge >= 0.3 is 0 Å². The Labute approximate surface area is 239 Å². The Kier molecular flexibility index (Phi) is 8.91. The quantitative estimate of drug-likeness (QED) is 0.217. The molecular weight excluding hydrogens is 544 g/mol. The third kappa shape index (κ3) is 6.48. The van der Waals surface area contributed by atoms with E-state index in [-0.39, 0.29) is 16.8 Å². The van der Waals surface area contributed by atoms with Crippen molar-refractivity contribution in [2.45, 2.75) is 4.90 Å². The highest BCUT2D eigenvalue weighted by Crippen LogP contribution is 2.38. The Bertz CT molecular complexity index is 1680. The lowest BCUT2D eigenvalue weighted by Gasteiger charge is -2.26. The second kappa shape index (κ2) is 12.4. The number of hydrogen-bond acceptors (Lipinski definition) is 9. The van der Waals surface area contributed by atoms with E-state index < -0.39 is 10.0 Å². The van der Waals surface area contributed by atoms with Gasteiger partial charge in [-0.3, -0.25) is 9.36 Å². The number of fused-ring (bicyclic) bond motifs is 1. The third-order valence-corrected chi connectivity index (χ3v) is 7.86. The van der Waals surface area contributed by atoms with E-state index in [1.165, 1.54) is 19.3 Å². The molecule has 4 rings (SSSR count). The number of anilines is 4. The number of methoxy groups -OCH3 is 1. The Morgan fingerprint density at radius 2 is 1.88 bits per heavy atom. The molecule has 0 aliphatic heterocycles. The molecule has 41 heavy (non-hydrogen) atoms. The topological polar surface area (TPSA) is 134 Å². The fraction of sp³-hybridized carbons (Fsp3) is 0.250. The molecule has 4 aromatic rings. The maximum Gasteiger partial charge on any atom is 0.247 e. The van der Waals surface area contributed by atoms with Crippen LogP contribution < -0.4 is 25.0 Å². The van der Waals surface area contributed by atoms with E-state index in [1.54, 1.807) is 42.1 Å². The predicted octanol–water partition coefficient (Wildman–Crippen LogP) is 3.20.